The maximum absolute atomic E-state index is 10.0. The Balaban J connectivity index is 2.14. The Labute approximate surface area is 172 Å². The summed E-state index contributed by atoms with van der Waals surface area (Å²) in [6.45, 7) is 0. The van der Waals surface area contributed by atoms with E-state index in [9.17, 15) is 10.5 Å². The van der Waals surface area contributed by atoms with Crippen molar-refractivity contribution in [1.29, 1.82) is 10.5 Å². The van der Waals surface area contributed by atoms with Crippen LogP contribution in [0.4, 0.5) is 0 Å². The molecule has 0 aliphatic rings. The van der Waals surface area contributed by atoms with Crippen LogP contribution >= 0.6 is 11.6 Å². The summed E-state index contributed by atoms with van der Waals surface area (Å²) < 4.78 is 0. The molecule has 5 nitrogen and oxygen atoms in total. The summed E-state index contributed by atoms with van der Waals surface area (Å²) >= 11 is 6.04. The average molecular weight is 394 g/mol. The lowest BCUT2D eigenvalue weighted by atomic mass is 9.90. The van der Waals surface area contributed by atoms with Gasteiger partial charge in [0.25, 0.3) is 0 Å². The molecule has 0 aliphatic carbocycles. The van der Waals surface area contributed by atoms with E-state index in [1.165, 1.54) is 0 Å². The summed E-state index contributed by atoms with van der Waals surface area (Å²) in [5.74, 6) is 0. The fourth-order valence-electron chi connectivity index (χ4n) is 3.15. The van der Waals surface area contributed by atoms with Crippen molar-refractivity contribution in [1.82, 2.24) is 15.0 Å². The van der Waals surface area contributed by atoms with Gasteiger partial charge in [-0.05, 0) is 42.0 Å². The van der Waals surface area contributed by atoms with Gasteiger partial charge in [-0.3, -0.25) is 9.97 Å². The first kappa shape index (κ1) is 18.3. The number of benzene rings is 1. The van der Waals surface area contributed by atoms with Crippen LogP contribution in [-0.2, 0) is 0 Å². The van der Waals surface area contributed by atoms with E-state index in [4.69, 9.17) is 16.6 Å². The van der Waals surface area contributed by atoms with Crippen LogP contribution in [0.3, 0.4) is 0 Å². The molecule has 0 radical (unpaired) electrons. The van der Waals surface area contributed by atoms with Gasteiger partial charge in [-0.15, -0.1) is 0 Å². The van der Waals surface area contributed by atoms with Crippen molar-refractivity contribution < 1.29 is 0 Å². The zero-order valence-corrected chi connectivity index (χ0v) is 15.8. The number of rotatable bonds is 3. The Bertz CT molecular complexity index is 1180. The summed E-state index contributed by atoms with van der Waals surface area (Å²) in [6, 6.07) is 18.7. The standard InChI is InChI=1S/C23H12ClN5/c24-18-3-1-15(2-4-18)21-19(13-25)22(16-5-9-27-10-6-16)29-23(20(21)14-26)17-7-11-28-12-8-17/h1-12H. The molecular formula is C23H12ClN5. The predicted octanol–water partition coefficient (Wildman–Crippen LogP) is 5.27. The van der Waals surface area contributed by atoms with Crippen LogP contribution in [0, 0.1) is 22.7 Å². The van der Waals surface area contributed by atoms with Gasteiger partial charge in [-0.25, -0.2) is 4.98 Å². The second-order valence-electron chi connectivity index (χ2n) is 6.14. The predicted molar refractivity (Wildman–Crippen MR) is 111 cm³/mol. The zero-order chi connectivity index (χ0) is 20.2. The number of halogens is 1. The fraction of sp³-hybridized carbons (Fsp3) is 0. The number of pyridine rings is 3. The smallest absolute Gasteiger partial charge is 0.102 e. The van der Waals surface area contributed by atoms with Crippen molar-refractivity contribution in [3.8, 4) is 45.8 Å². The highest BCUT2D eigenvalue weighted by molar-refractivity contribution is 6.30. The summed E-state index contributed by atoms with van der Waals surface area (Å²) in [6.07, 6.45) is 6.57. The maximum Gasteiger partial charge on any atom is 0.102 e. The van der Waals surface area contributed by atoms with Crippen LogP contribution in [0.25, 0.3) is 33.6 Å². The SMILES string of the molecule is N#Cc1c(-c2ccncc2)nc(-c2ccncc2)c(C#N)c1-c1ccc(Cl)cc1. The molecule has 3 heterocycles. The summed E-state index contributed by atoms with van der Waals surface area (Å²) in [5.41, 5.74) is 4.37. The summed E-state index contributed by atoms with van der Waals surface area (Å²) in [7, 11) is 0. The van der Waals surface area contributed by atoms with E-state index in [0.29, 0.717) is 33.1 Å². The van der Waals surface area contributed by atoms with Crippen LogP contribution < -0.4 is 0 Å². The molecule has 1 aromatic carbocycles. The van der Waals surface area contributed by atoms with Gasteiger partial charge in [0, 0.05) is 46.5 Å². The first-order valence-corrected chi connectivity index (χ1v) is 9.05. The molecule has 4 aromatic rings. The quantitative estimate of drug-likeness (QED) is 0.473. The first-order chi connectivity index (χ1) is 14.2. The maximum atomic E-state index is 10.0. The monoisotopic (exact) mass is 393 g/mol. The third-order valence-corrected chi connectivity index (χ3v) is 4.71. The topological polar surface area (TPSA) is 86.2 Å². The van der Waals surface area contributed by atoms with Crippen LogP contribution in [0.15, 0.2) is 73.3 Å². The van der Waals surface area contributed by atoms with Crippen molar-refractivity contribution in [3.05, 3.63) is 89.5 Å². The van der Waals surface area contributed by atoms with Crippen molar-refractivity contribution in [2.75, 3.05) is 0 Å². The van der Waals surface area contributed by atoms with Crippen molar-refractivity contribution >= 4 is 11.6 Å². The molecule has 136 valence electrons. The molecule has 0 saturated heterocycles. The Hall–Kier alpha value is -4.06. The highest BCUT2D eigenvalue weighted by Gasteiger charge is 2.23. The number of nitrogens with zero attached hydrogens (tertiary/aromatic N) is 5. The summed E-state index contributed by atoms with van der Waals surface area (Å²) in [4.78, 5) is 12.8. The third-order valence-electron chi connectivity index (χ3n) is 4.46. The van der Waals surface area contributed by atoms with Crippen molar-refractivity contribution in [2.45, 2.75) is 0 Å². The minimum Gasteiger partial charge on any atom is -0.265 e. The molecule has 0 atom stereocenters. The van der Waals surface area contributed by atoms with Gasteiger partial charge in [0.15, 0.2) is 0 Å². The van der Waals surface area contributed by atoms with E-state index in [1.807, 2.05) is 0 Å². The minimum absolute atomic E-state index is 0.327. The largest absolute Gasteiger partial charge is 0.265 e. The second-order valence-corrected chi connectivity index (χ2v) is 6.57. The van der Waals surface area contributed by atoms with Gasteiger partial charge < -0.3 is 0 Å². The number of aromatic nitrogens is 3. The van der Waals surface area contributed by atoms with Crippen LogP contribution in [-0.4, -0.2) is 15.0 Å². The molecule has 0 unspecified atom stereocenters. The van der Waals surface area contributed by atoms with Gasteiger partial charge in [-0.1, -0.05) is 23.7 Å². The molecule has 0 saturated carbocycles. The normalized spacial score (nSPS) is 10.2. The molecular weight excluding hydrogens is 382 g/mol. The lowest BCUT2D eigenvalue weighted by Gasteiger charge is -2.15. The third kappa shape index (κ3) is 3.43. The lowest BCUT2D eigenvalue weighted by Crippen LogP contribution is -2.02. The zero-order valence-electron chi connectivity index (χ0n) is 15.0. The van der Waals surface area contributed by atoms with Crippen LogP contribution in [0.1, 0.15) is 11.1 Å². The van der Waals surface area contributed by atoms with Crippen LogP contribution in [0.5, 0.6) is 0 Å². The summed E-state index contributed by atoms with van der Waals surface area (Å²) in [5, 5.41) is 20.6. The molecule has 0 bridgehead atoms. The lowest BCUT2D eigenvalue weighted by molar-refractivity contribution is 1.25. The number of nitriles is 2. The Morgan fingerprint density at radius 1 is 0.621 bits per heavy atom. The van der Waals surface area contributed by atoms with Gasteiger partial charge in [0.2, 0.25) is 0 Å². The minimum atomic E-state index is 0.327. The highest BCUT2D eigenvalue weighted by atomic mass is 35.5. The van der Waals surface area contributed by atoms with E-state index < -0.39 is 0 Å². The number of hydrogen-bond acceptors (Lipinski definition) is 5. The fourth-order valence-corrected chi connectivity index (χ4v) is 3.27. The first-order valence-electron chi connectivity index (χ1n) is 8.68. The second kappa shape index (κ2) is 7.90. The molecule has 0 N–H and O–H groups in total. The number of hydrogen-bond donors (Lipinski definition) is 0. The van der Waals surface area contributed by atoms with Gasteiger partial charge >= 0.3 is 0 Å². The van der Waals surface area contributed by atoms with Gasteiger partial charge in [0.1, 0.15) is 12.1 Å². The molecule has 4 rings (SSSR count). The molecule has 6 heteroatoms. The molecule has 0 aliphatic heterocycles. The molecule has 0 amide bonds. The molecule has 0 fully saturated rings. The van der Waals surface area contributed by atoms with Gasteiger partial charge in [-0.2, -0.15) is 10.5 Å². The Morgan fingerprint density at radius 2 is 1.07 bits per heavy atom. The van der Waals surface area contributed by atoms with E-state index in [2.05, 4.69) is 22.1 Å². The molecule has 0 spiro atoms. The van der Waals surface area contributed by atoms with Crippen molar-refractivity contribution in [3.63, 3.8) is 0 Å². The molecule has 29 heavy (non-hydrogen) atoms. The Morgan fingerprint density at radius 3 is 1.48 bits per heavy atom. The van der Waals surface area contributed by atoms with E-state index in [-0.39, 0.29) is 0 Å². The Kier molecular flexibility index (Phi) is 4.99. The van der Waals surface area contributed by atoms with Gasteiger partial charge in [0.05, 0.1) is 22.5 Å². The average Bonchev–Trinajstić information content (AvgIpc) is 2.79. The highest BCUT2D eigenvalue weighted by Crippen LogP contribution is 2.38. The van der Waals surface area contributed by atoms with Crippen LogP contribution in [0.2, 0.25) is 5.02 Å². The van der Waals surface area contributed by atoms with Crippen molar-refractivity contribution in [2.24, 2.45) is 0 Å². The van der Waals surface area contributed by atoms with E-state index in [0.717, 1.165) is 16.7 Å². The van der Waals surface area contributed by atoms with E-state index >= 15 is 0 Å². The molecule has 3 aromatic heterocycles. The van der Waals surface area contributed by atoms with E-state index in [1.54, 1.807) is 73.3 Å².